The molecule has 0 bridgehead atoms. The van der Waals surface area contributed by atoms with Gasteiger partial charge in [0, 0.05) is 24.2 Å². The van der Waals surface area contributed by atoms with Gasteiger partial charge in [0.25, 0.3) is 0 Å². The lowest BCUT2D eigenvalue weighted by Crippen LogP contribution is -2.49. The quantitative estimate of drug-likeness (QED) is 0.884. The molecule has 20 heavy (non-hydrogen) atoms. The highest BCUT2D eigenvalue weighted by atomic mass is 79.9. The first-order valence-electron chi connectivity index (χ1n) is 6.92. The molecule has 1 aromatic rings. The number of benzene rings is 1. The number of rotatable bonds is 4. The van der Waals surface area contributed by atoms with Gasteiger partial charge in [0.1, 0.15) is 0 Å². The Balaban J connectivity index is 2.08. The largest absolute Gasteiger partial charge is 0.381 e. The number of carbonyl (C=O) groups is 1. The minimum absolute atomic E-state index is 0.0338. The van der Waals surface area contributed by atoms with Gasteiger partial charge in [-0.05, 0) is 31.4 Å². The molecule has 4 nitrogen and oxygen atoms in total. The summed E-state index contributed by atoms with van der Waals surface area (Å²) in [5.41, 5.74) is 6.45. The monoisotopic (exact) mass is 340 g/mol. The standard InChI is InChI=1S/C15H21BrN2O2/c1-11(12-4-2-3-5-13(12)16)18-14(19)15(10-17)6-8-20-9-7-15/h2-5,11H,6-10,17H2,1H3,(H,18,19). The van der Waals surface area contributed by atoms with Crippen LogP contribution in [0.1, 0.15) is 31.4 Å². The van der Waals surface area contributed by atoms with Gasteiger partial charge in [0.05, 0.1) is 11.5 Å². The minimum atomic E-state index is -0.478. The van der Waals surface area contributed by atoms with Crippen LogP contribution in [0.15, 0.2) is 28.7 Å². The second-order valence-corrected chi connectivity index (χ2v) is 6.17. The van der Waals surface area contributed by atoms with Crippen molar-refractivity contribution >= 4 is 21.8 Å². The number of amides is 1. The van der Waals surface area contributed by atoms with E-state index in [9.17, 15) is 4.79 Å². The Morgan fingerprint density at radius 2 is 2.10 bits per heavy atom. The zero-order valence-electron chi connectivity index (χ0n) is 11.7. The van der Waals surface area contributed by atoms with Gasteiger partial charge in [-0.2, -0.15) is 0 Å². The topological polar surface area (TPSA) is 64.4 Å². The second-order valence-electron chi connectivity index (χ2n) is 5.31. The van der Waals surface area contributed by atoms with Crippen LogP contribution in [0.4, 0.5) is 0 Å². The molecule has 1 aromatic carbocycles. The first-order chi connectivity index (χ1) is 9.59. The maximum atomic E-state index is 12.6. The maximum absolute atomic E-state index is 12.6. The third-order valence-electron chi connectivity index (χ3n) is 4.04. The molecule has 5 heteroatoms. The summed E-state index contributed by atoms with van der Waals surface area (Å²) in [5.74, 6) is 0.0338. The molecule has 2 rings (SSSR count). The highest BCUT2D eigenvalue weighted by molar-refractivity contribution is 9.10. The summed E-state index contributed by atoms with van der Waals surface area (Å²) in [7, 11) is 0. The minimum Gasteiger partial charge on any atom is -0.381 e. The molecule has 1 atom stereocenters. The molecular weight excluding hydrogens is 320 g/mol. The predicted molar refractivity (Wildman–Crippen MR) is 82.2 cm³/mol. The maximum Gasteiger partial charge on any atom is 0.228 e. The van der Waals surface area contributed by atoms with Gasteiger partial charge >= 0.3 is 0 Å². The van der Waals surface area contributed by atoms with Crippen molar-refractivity contribution in [3.05, 3.63) is 34.3 Å². The van der Waals surface area contributed by atoms with Crippen LogP contribution in [0.25, 0.3) is 0 Å². The molecule has 0 spiro atoms. The highest BCUT2D eigenvalue weighted by Gasteiger charge is 2.39. The third-order valence-corrected chi connectivity index (χ3v) is 4.76. The molecule has 1 aliphatic heterocycles. The lowest BCUT2D eigenvalue weighted by molar-refractivity contribution is -0.136. The van der Waals surface area contributed by atoms with Gasteiger partial charge in [0.2, 0.25) is 5.91 Å². The third kappa shape index (κ3) is 3.22. The first-order valence-corrected chi connectivity index (χ1v) is 7.71. The van der Waals surface area contributed by atoms with Crippen molar-refractivity contribution in [3.8, 4) is 0 Å². The van der Waals surface area contributed by atoms with E-state index in [-0.39, 0.29) is 11.9 Å². The lowest BCUT2D eigenvalue weighted by Gasteiger charge is -2.35. The molecule has 0 saturated carbocycles. The van der Waals surface area contributed by atoms with Gasteiger partial charge in [-0.3, -0.25) is 4.79 Å². The van der Waals surface area contributed by atoms with E-state index in [2.05, 4.69) is 21.2 Å². The number of ether oxygens (including phenoxy) is 1. The van der Waals surface area contributed by atoms with Crippen molar-refractivity contribution in [3.63, 3.8) is 0 Å². The van der Waals surface area contributed by atoms with Crippen molar-refractivity contribution in [1.82, 2.24) is 5.32 Å². The first kappa shape index (κ1) is 15.5. The van der Waals surface area contributed by atoms with Crippen LogP contribution < -0.4 is 11.1 Å². The summed E-state index contributed by atoms with van der Waals surface area (Å²) in [6.07, 6.45) is 1.38. The number of hydrogen-bond acceptors (Lipinski definition) is 3. The molecule has 0 radical (unpaired) electrons. The van der Waals surface area contributed by atoms with E-state index in [1.165, 1.54) is 0 Å². The summed E-state index contributed by atoms with van der Waals surface area (Å²) in [5, 5.41) is 3.09. The van der Waals surface area contributed by atoms with Crippen LogP contribution in [0.3, 0.4) is 0 Å². The summed E-state index contributed by atoms with van der Waals surface area (Å²) >= 11 is 3.52. The highest BCUT2D eigenvalue weighted by Crippen LogP contribution is 2.31. The van der Waals surface area contributed by atoms with E-state index < -0.39 is 5.41 Å². The van der Waals surface area contributed by atoms with Crippen molar-refractivity contribution in [2.45, 2.75) is 25.8 Å². The van der Waals surface area contributed by atoms with Crippen LogP contribution in [0.2, 0.25) is 0 Å². The molecule has 1 fully saturated rings. The lowest BCUT2D eigenvalue weighted by atomic mass is 9.79. The van der Waals surface area contributed by atoms with E-state index in [1.54, 1.807) is 0 Å². The Kier molecular flexibility index (Phi) is 5.18. The van der Waals surface area contributed by atoms with E-state index in [0.717, 1.165) is 10.0 Å². The normalized spacial score (nSPS) is 19.4. The summed E-state index contributed by atoms with van der Waals surface area (Å²) in [6.45, 7) is 3.56. The van der Waals surface area contributed by atoms with Crippen molar-refractivity contribution in [2.75, 3.05) is 19.8 Å². The van der Waals surface area contributed by atoms with Crippen LogP contribution >= 0.6 is 15.9 Å². The molecule has 0 aromatic heterocycles. The van der Waals surface area contributed by atoms with Crippen LogP contribution in [0, 0.1) is 5.41 Å². The Labute approximate surface area is 128 Å². The van der Waals surface area contributed by atoms with E-state index in [1.807, 2.05) is 31.2 Å². The predicted octanol–water partition coefficient (Wildman–Crippen LogP) is 2.38. The number of carbonyl (C=O) groups excluding carboxylic acids is 1. The molecule has 1 unspecified atom stereocenters. The van der Waals surface area contributed by atoms with Gasteiger partial charge < -0.3 is 15.8 Å². The summed E-state index contributed by atoms with van der Waals surface area (Å²) in [4.78, 5) is 12.6. The summed E-state index contributed by atoms with van der Waals surface area (Å²) < 4.78 is 6.34. The van der Waals surface area contributed by atoms with Crippen molar-refractivity contribution < 1.29 is 9.53 Å². The Morgan fingerprint density at radius 3 is 2.70 bits per heavy atom. The van der Waals surface area contributed by atoms with Gasteiger partial charge in [-0.15, -0.1) is 0 Å². The van der Waals surface area contributed by atoms with Crippen molar-refractivity contribution in [2.24, 2.45) is 11.1 Å². The average Bonchev–Trinajstić information content (AvgIpc) is 2.48. The van der Waals surface area contributed by atoms with Gasteiger partial charge in [0.15, 0.2) is 0 Å². The number of nitrogens with one attached hydrogen (secondary N) is 1. The average molecular weight is 341 g/mol. The number of hydrogen-bond donors (Lipinski definition) is 2. The Hall–Kier alpha value is -0.910. The Bertz CT molecular complexity index is 473. The zero-order valence-corrected chi connectivity index (χ0v) is 13.3. The van der Waals surface area contributed by atoms with Gasteiger partial charge in [-0.25, -0.2) is 0 Å². The fraction of sp³-hybridized carbons (Fsp3) is 0.533. The molecular formula is C15H21BrN2O2. The van der Waals surface area contributed by atoms with E-state index >= 15 is 0 Å². The molecule has 1 amide bonds. The molecule has 1 heterocycles. The fourth-order valence-electron chi connectivity index (χ4n) is 2.54. The zero-order chi connectivity index (χ0) is 14.6. The second kappa shape index (κ2) is 6.70. The molecule has 110 valence electrons. The molecule has 0 aliphatic carbocycles. The molecule has 1 saturated heterocycles. The van der Waals surface area contributed by atoms with Crippen LogP contribution in [-0.4, -0.2) is 25.7 Å². The van der Waals surface area contributed by atoms with Crippen LogP contribution in [-0.2, 0) is 9.53 Å². The number of halogens is 1. The fourth-order valence-corrected chi connectivity index (χ4v) is 3.17. The van der Waals surface area contributed by atoms with Crippen molar-refractivity contribution in [1.29, 1.82) is 0 Å². The van der Waals surface area contributed by atoms with Crippen LogP contribution in [0.5, 0.6) is 0 Å². The Morgan fingerprint density at radius 1 is 1.45 bits per heavy atom. The molecule has 3 N–H and O–H groups in total. The smallest absolute Gasteiger partial charge is 0.228 e. The van der Waals surface area contributed by atoms with Gasteiger partial charge in [-0.1, -0.05) is 34.1 Å². The molecule has 1 aliphatic rings. The van der Waals surface area contributed by atoms with E-state index in [0.29, 0.717) is 32.6 Å². The number of nitrogens with two attached hydrogens (primary N) is 1. The SMILES string of the molecule is CC(NC(=O)C1(CN)CCOCC1)c1ccccc1Br. The van der Waals surface area contributed by atoms with E-state index in [4.69, 9.17) is 10.5 Å². The summed E-state index contributed by atoms with van der Waals surface area (Å²) in [6, 6.07) is 7.86.